The molecule has 3 N–H and O–H groups in total. The molecule has 0 spiro atoms. The predicted molar refractivity (Wildman–Crippen MR) is 108 cm³/mol. The third-order valence-electron chi connectivity index (χ3n) is 3.79. The molecule has 0 aliphatic carbocycles. The molecule has 9 nitrogen and oxygen atoms in total. The van der Waals surface area contributed by atoms with Crippen LogP contribution in [0.3, 0.4) is 0 Å². The topological polar surface area (TPSA) is 110 Å². The summed E-state index contributed by atoms with van der Waals surface area (Å²) in [6, 6.07) is 3.65. The Balaban J connectivity index is 1.61. The Morgan fingerprint density at radius 3 is 2.79 bits per heavy atom. The maximum atomic E-state index is 5.53. The lowest BCUT2D eigenvalue weighted by molar-refractivity contribution is 0.0497. The van der Waals surface area contributed by atoms with Crippen molar-refractivity contribution < 1.29 is 13.9 Å². The van der Waals surface area contributed by atoms with Gasteiger partial charge in [0, 0.05) is 26.1 Å². The molecule has 28 heavy (non-hydrogen) atoms. The number of ether oxygens (including phenoxy) is 2. The van der Waals surface area contributed by atoms with Crippen LogP contribution >= 0.6 is 0 Å². The van der Waals surface area contributed by atoms with Crippen LogP contribution in [0.15, 0.2) is 27.8 Å². The minimum atomic E-state index is 0.566. The Bertz CT molecular complexity index is 656. The number of guanidine groups is 1. The molecule has 2 rings (SSSR count). The van der Waals surface area contributed by atoms with Gasteiger partial charge in [-0.3, -0.25) is 10.1 Å². The highest BCUT2D eigenvalue weighted by atomic mass is 16.5. The van der Waals surface area contributed by atoms with Crippen LogP contribution in [-0.4, -0.2) is 67.2 Å². The van der Waals surface area contributed by atoms with E-state index in [0.717, 1.165) is 37.8 Å². The maximum absolute atomic E-state index is 5.53. The van der Waals surface area contributed by atoms with Gasteiger partial charge in [-0.05, 0) is 25.5 Å². The van der Waals surface area contributed by atoms with Gasteiger partial charge >= 0.3 is 0 Å². The van der Waals surface area contributed by atoms with Gasteiger partial charge in [-0.2, -0.15) is 5.10 Å². The summed E-state index contributed by atoms with van der Waals surface area (Å²) < 4.78 is 16.3. The van der Waals surface area contributed by atoms with Crippen LogP contribution in [0.2, 0.25) is 0 Å². The third kappa shape index (κ3) is 8.53. The fraction of sp³-hybridized carbons (Fsp3) is 0.632. The fourth-order valence-corrected chi connectivity index (χ4v) is 2.35. The number of unbranched alkanes of at least 4 members (excludes halogenated alkanes) is 1. The molecule has 0 aromatic carbocycles. The van der Waals surface area contributed by atoms with Crippen molar-refractivity contribution in [3.63, 3.8) is 0 Å². The molecule has 2 aromatic heterocycles. The van der Waals surface area contributed by atoms with E-state index < -0.39 is 0 Å². The van der Waals surface area contributed by atoms with E-state index in [9.17, 15) is 0 Å². The Hall–Kier alpha value is -2.39. The molecule has 9 heteroatoms. The number of aromatic amines is 1. The van der Waals surface area contributed by atoms with E-state index in [4.69, 9.17) is 13.9 Å². The zero-order chi connectivity index (χ0) is 19.9. The molecule has 0 atom stereocenters. The molecular formula is C19H32N6O3. The fourth-order valence-electron chi connectivity index (χ4n) is 2.35. The van der Waals surface area contributed by atoms with Crippen molar-refractivity contribution in [3.05, 3.63) is 24.2 Å². The van der Waals surface area contributed by atoms with Crippen molar-refractivity contribution in [2.24, 2.45) is 4.99 Å². The Kier molecular flexibility index (Phi) is 10.7. The number of hydrogen-bond donors (Lipinski definition) is 3. The molecule has 0 radical (unpaired) electrons. The third-order valence-corrected chi connectivity index (χ3v) is 3.79. The van der Waals surface area contributed by atoms with Gasteiger partial charge in [0.1, 0.15) is 5.82 Å². The number of nitrogens with one attached hydrogen (secondary N) is 3. The number of H-pyrrole nitrogens is 1. The molecule has 0 fully saturated rings. The highest BCUT2D eigenvalue weighted by Gasteiger charge is 2.08. The largest absolute Gasteiger partial charge is 0.461 e. The first-order valence-electron chi connectivity index (χ1n) is 9.96. The van der Waals surface area contributed by atoms with Gasteiger partial charge in [0.2, 0.25) is 5.82 Å². The summed E-state index contributed by atoms with van der Waals surface area (Å²) in [5.41, 5.74) is 0. The lowest BCUT2D eigenvalue weighted by Crippen LogP contribution is -2.38. The molecule has 0 saturated carbocycles. The quantitative estimate of drug-likeness (QED) is 0.256. The van der Waals surface area contributed by atoms with Crippen molar-refractivity contribution in [2.75, 3.05) is 46.1 Å². The maximum Gasteiger partial charge on any atom is 0.216 e. The van der Waals surface area contributed by atoms with Crippen LogP contribution < -0.4 is 10.6 Å². The highest BCUT2D eigenvalue weighted by molar-refractivity contribution is 5.79. The molecule has 0 bridgehead atoms. The average molecular weight is 393 g/mol. The first-order chi connectivity index (χ1) is 13.8. The smallest absolute Gasteiger partial charge is 0.216 e. The molecule has 156 valence electrons. The predicted octanol–water partition coefficient (Wildman–Crippen LogP) is 2.00. The standard InChI is InChI=1S/C19H32N6O3/c1-3-5-11-26-14-15-27-13-10-22-19(20-4-2)21-9-8-17-23-18(25-24-17)16-7-6-12-28-16/h6-7,12H,3-5,8-11,13-15H2,1-2H3,(H2,20,21,22)(H,23,24,25). The number of nitrogens with zero attached hydrogens (tertiary/aromatic N) is 3. The molecule has 0 unspecified atom stereocenters. The van der Waals surface area contributed by atoms with E-state index in [1.165, 1.54) is 0 Å². The van der Waals surface area contributed by atoms with Crippen LogP contribution in [0.1, 0.15) is 32.5 Å². The SMILES string of the molecule is CCCCOCCOCCN=C(NCC)NCCc1nc(-c2ccco2)n[nH]1. The van der Waals surface area contributed by atoms with Crippen molar-refractivity contribution in [1.29, 1.82) is 0 Å². The van der Waals surface area contributed by atoms with Crippen LogP contribution in [-0.2, 0) is 15.9 Å². The van der Waals surface area contributed by atoms with Gasteiger partial charge in [-0.25, -0.2) is 4.98 Å². The van der Waals surface area contributed by atoms with Crippen molar-refractivity contribution in [1.82, 2.24) is 25.8 Å². The van der Waals surface area contributed by atoms with Crippen LogP contribution in [0.5, 0.6) is 0 Å². The lowest BCUT2D eigenvalue weighted by Gasteiger charge is -2.10. The summed E-state index contributed by atoms with van der Waals surface area (Å²) >= 11 is 0. The zero-order valence-corrected chi connectivity index (χ0v) is 16.9. The molecular weight excluding hydrogens is 360 g/mol. The van der Waals surface area contributed by atoms with E-state index in [0.29, 0.717) is 50.9 Å². The van der Waals surface area contributed by atoms with Crippen LogP contribution in [0.25, 0.3) is 11.6 Å². The van der Waals surface area contributed by atoms with E-state index in [2.05, 4.69) is 37.7 Å². The van der Waals surface area contributed by atoms with E-state index in [1.54, 1.807) is 6.26 Å². The Morgan fingerprint density at radius 2 is 2.04 bits per heavy atom. The molecule has 0 aliphatic rings. The zero-order valence-electron chi connectivity index (χ0n) is 16.9. The first-order valence-corrected chi connectivity index (χ1v) is 9.96. The van der Waals surface area contributed by atoms with Crippen LogP contribution in [0, 0.1) is 0 Å². The average Bonchev–Trinajstić information content (AvgIpc) is 3.38. The minimum Gasteiger partial charge on any atom is -0.461 e. The molecule has 0 amide bonds. The van der Waals surface area contributed by atoms with Gasteiger partial charge < -0.3 is 24.5 Å². The first kappa shape index (κ1) is 21.9. The minimum absolute atomic E-state index is 0.566. The number of furan rings is 1. The normalized spacial score (nSPS) is 11.7. The summed E-state index contributed by atoms with van der Waals surface area (Å²) in [5.74, 6) is 2.77. The Morgan fingerprint density at radius 1 is 1.18 bits per heavy atom. The van der Waals surface area contributed by atoms with Crippen molar-refractivity contribution in [3.8, 4) is 11.6 Å². The molecule has 2 heterocycles. The molecule has 0 aliphatic heterocycles. The van der Waals surface area contributed by atoms with E-state index in [1.807, 2.05) is 19.1 Å². The van der Waals surface area contributed by atoms with Crippen LogP contribution in [0.4, 0.5) is 0 Å². The van der Waals surface area contributed by atoms with Gasteiger partial charge in [0.25, 0.3) is 0 Å². The van der Waals surface area contributed by atoms with Crippen molar-refractivity contribution in [2.45, 2.75) is 33.1 Å². The van der Waals surface area contributed by atoms with Gasteiger partial charge in [0.15, 0.2) is 11.7 Å². The second-order valence-electron chi connectivity index (χ2n) is 6.10. The van der Waals surface area contributed by atoms with E-state index in [-0.39, 0.29) is 0 Å². The van der Waals surface area contributed by atoms with E-state index >= 15 is 0 Å². The number of hydrogen-bond acceptors (Lipinski definition) is 6. The summed E-state index contributed by atoms with van der Waals surface area (Å²) in [7, 11) is 0. The monoisotopic (exact) mass is 392 g/mol. The highest BCUT2D eigenvalue weighted by Crippen LogP contribution is 2.14. The van der Waals surface area contributed by atoms with Gasteiger partial charge in [-0.15, -0.1) is 0 Å². The number of aliphatic imine (C=N–C) groups is 1. The number of rotatable bonds is 14. The second kappa shape index (κ2) is 13.7. The number of aromatic nitrogens is 3. The summed E-state index contributed by atoms with van der Waals surface area (Å²) in [5, 5.41) is 13.6. The summed E-state index contributed by atoms with van der Waals surface area (Å²) in [4.78, 5) is 8.93. The Labute approximate surface area is 166 Å². The molecule has 2 aromatic rings. The summed E-state index contributed by atoms with van der Waals surface area (Å²) in [6.45, 7) is 8.88. The van der Waals surface area contributed by atoms with Gasteiger partial charge in [0.05, 0.1) is 32.6 Å². The summed E-state index contributed by atoms with van der Waals surface area (Å²) in [6.07, 6.45) is 4.55. The van der Waals surface area contributed by atoms with Gasteiger partial charge in [-0.1, -0.05) is 13.3 Å². The molecule has 0 saturated heterocycles. The van der Waals surface area contributed by atoms with Crippen molar-refractivity contribution >= 4 is 5.96 Å². The lowest BCUT2D eigenvalue weighted by atomic mass is 10.4. The second-order valence-corrected chi connectivity index (χ2v) is 6.10.